The van der Waals surface area contributed by atoms with Crippen LogP contribution in [0, 0.1) is 5.92 Å². The fourth-order valence-corrected chi connectivity index (χ4v) is 2.30. The van der Waals surface area contributed by atoms with Crippen LogP contribution in [-0.2, 0) is 14.3 Å². The van der Waals surface area contributed by atoms with Crippen molar-refractivity contribution < 1.29 is 14.3 Å². The van der Waals surface area contributed by atoms with Crippen LogP contribution in [0.5, 0.6) is 0 Å². The van der Waals surface area contributed by atoms with E-state index in [1.165, 1.54) is 0 Å². The van der Waals surface area contributed by atoms with Gasteiger partial charge in [-0.05, 0) is 40.2 Å². The molecular weight excluding hydrogens is 232 g/mol. The molecule has 104 valence electrons. The lowest BCUT2D eigenvalue weighted by Gasteiger charge is -2.34. The molecule has 0 spiro atoms. The molecule has 1 amide bonds. The van der Waals surface area contributed by atoms with Crippen LogP contribution in [0.15, 0.2) is 0 Å². The van der Waals surface area contributed by atoms with E-state index in [9.17, 15) is 9.59 Å². The van der Waals surface area contributed by atoms with Crippen LogP contribution in [0.3, 0.4) is 0 Å². The van der Waals surface area contributed by atoms with Gasteiger partial charge in [0.1, 0.15) is 0 Å². The Morgan fingerprint density at radius 3 is 2.78 bits per heavy atom. The second kappa shape index (κ2) is 7.36. The van der Waals surface area contributed by atoms with Crippen LogP contribution in [0.1, 0.15) is 33.6 Å². The van der Waals surface area contributed by atoms with Gasteiger partial charge in [-0.3, -0.25) is 14.5 Å². The number of ether oxygens (including phenoxy) is 1. The van der Waals surface area contributed by atoms with Crippen molar-refractivity contribution >= 4 is 11.9 Å². The van der Waals surface area contributed by atoms with Crippen LogP contribution >= 0.6 is 0 Å². The van der Waals surface area contributed by atoms with Crippen molar-refractivity contribution in [3.8, 4) is 0 Å². The first kappa shape index (κ1) is 15.0. The van der Waals surface area contributed by atoms with Crippen molar-refractivity contribution in [3.63, 3.8) is 0 Å². The summed E-state index contributed by atoms with van der Waals surface area (Å²) in [6.07, 6.45) is 1.80. The zero-order chi connectivity index (χ0) is 13.5. The Morgan fingerprint density at radius 2 is 2.17 bits per heavy atom. The van der Waals surface area contributed by atoms with Gasteiger partial charge in [-0.2, -0.15) is 0 Å². The molecular formula is C13H24N2O3. The van der Waals surface area contributed by atoms with Crippen molar-refractivity contribution in [2.24, 2.45) is 5.92 Å². The number of hydrogen-bond donors (Lipinski definition) is 1. The summed E-state index contributed by atoms with van der Waals surface area (Å²) in [7, 11) is 0. The zero-order valence-corrected chi connectivity index (χ0v) is 11.6. The number of esters is 1. The molecule has 0 aromatic heterocycles. The van der Waals surface area contributed by atoms with Gasteiger partial charge in [-0.25, -0.2) is 0 Å². The van der Waals surface area contributed by atoms with Gasteiger partial charge < -0.3 is 10.1 Å². The van der Waals surface area contributed by atoms with Crippen molar-refractivity contribution in [2.75, 3.05) is 26.2 Å². The fourth-order valence-electron chi connectivity index (χ4n) is 2.30. The third kappa shape index (κ3) is 3.98. The molecule has 5 heteroatoms. The summed E-state index contributed by atoms with van der Waals surface area (Å²) in [5.41, 5.74) is 0. The van der Waals surface area contributed by atoms with E-state index in [1.807, 2.05) is 20.8 Å². The predicted molar refractivity (Wildman–Crippen MR) is 69.1 cm³/mol. The van der Waals surface area contributed by atoms with E-state index in [1.54, 1.807) is 0 Å². The molecule has 2 atom stereocenters. The Bertz CT molecular complexity index is 278. The van der Waals surface area contributed by atoms with E-state index < -0.39 is 0 Å². The maximum atomic E-state index is 11.8. The number of nitrogens with one attached hydrogen (secondary N) is 1. The third-order valence-corrected chi connectivity index (χ3v) is 3.35. The minimum Gasteiger partial charge on any atom is -0.466 e. The second-order valence-corrected chi connectivity index (χ2v) is 4.66. The number of likely N-dealkylation sites (N-methyl/N-ethyl adjacent to an activating group) is 1. The first-order valence-electron chi connectivity index (χ1n) is 6.78. The molecule has 0 aliphatic carbocycles. The maximum absolute atomic E-state index is 11.8. The lowest BCUT2D eigenvalue weighted by molar-refractivity contribution is -0.151. The molecule has 1 unspecified atom stereocenters. The van der Waals surface area contributed by atoms with Crippen molar-refractivity contribution in [3.05, 3.63) is 0 Å². The quantitative estimate of drug-likeness (QED) is 0.739. The number of amides is 1. The summed E-state index contributed by atoms with van der Waals surface area (Å²) in [5, 5.41) is 2.82. The number of likely N-dealkylation sites (tertiary alicyclic amines) is 1. The average molecular weight is 256 g/mol. The second-order valence-electron chi connectivity index (χ2n) is 4.66. The molecule has 1 N–H and O–H groups in total. The first-order valence-corrected chi connectivity index (χ1v) is 6.78. The highest BCUT2D eigenvalue weighted by molar-refractivity contribution is 5.81. The van der Waals surface area contributed by atoms with Crippen LogP contribution in [0.2, 0.25) is 0 Å². The van der Waals surface area contributed by atoms with E-state index in [0.717, 1.165) is 19.4 Å². The molecule has 1 saturated heterocycles. The Labute approximate surface area is 109 Å². The van der Waals surface area contributed by atoms with Crippen LogP contribution < -0.4 is 5.32 Å². The predicted octanol–water partition coefficient (Wildman–Crippen LogP) is 0.786. The fraction of sp³-hybridized carbons (Fsp3) is 0.846. The molecule has 1 heterocycles. The highest BCUT2D eigenvalue weighted by Crippen LogP contribution is 2.19. The van der Waals surface area contributed by atoms with Gasteiger partial charge in [0.2, 0.25) is 5.91 Å². The van der Waals surface area contributed by atoms with Gasteiger partial charge in [0.25, 0.3) is 0 Å². The van der Waals surface area contributed by atoms with E-state index in [-0.39, 0.29) is 23.8 Å². The molecule has 0 bridgehead atoms. The SMILES string of the molecule is CCNC(=O)C(C)N1CCC[C@H](C(=O)OCC)C1. The van der Waals surface area contributed by atoms with Crippen LogP contribution in [-0.4, -0.2) is 49.1 Å². The summed E-state index contributed by atoms with van der Waals surface area (Å²) in [6.45, 7) is 8.15. The summed E-state index contributed by atoms with van der Waals surface area (Å²) in [6, 6.07) is -0.179. The van der Waals surface area contributed by atoms with Gasteiger partial charge in [0, 0.05) is 13.1 Å². The minimum absolute atomic E-state index is 0.0296. The molecule has 0 saturated carbocycles. The zero-order valence-electron chi connectivity index (χ0n) is 11.6. The van der Waals surface area contributed by atoms with Gasteiger partial charge in [-0.1, -0.05) is 0 Å². The molecule has 0 radical (unpaired) electrons. The minimum atomic E-state index is -0.179. The smallest absolute Gasteiger partial charge is 0.310 e. The molecule has 0 aromatic rings. The molecule has 1 aliphatic heterocycles. The highest BCUT2D eigenvalue weighted by atomic mass is 16.5. The molecule has 1 fully saturated rings. The molecule has 1 aliphatic rings. The number of piperidine rings is 1. The average Bonchev–Trinajstić information content (AvgIpc) is 2.38. The van der Waals surface area contributed by atoms with Gasteiger partial charge >= 0.3 is 5.97 Å². The van der Waals surface area contributed by atoms with Crippen LogP contribution in [0.25, 0.3) is 0 Å². The molecule has 1 rings (SSSR count). The highest BCUT2D eigenvalue weighted by Gasteiger charge is 2.31. The number of carbonyl (C=O) groups is 2. The Kier molecular flexibility index (Phi) is 6.12. The Hall–Kier alpha value is -1.10. The van der Waals surface area contributed by atoms with E-state index >= 15 is 0 Å². The summed E-state index contributed by atoms with van der Waals surface area (Å²) < 4.78 is 5.05. The van der Waals surface area contributed by atoms with Crippen molar-refractivity contribution in [2.45, 2.75) is 39.7 Å². The van der Waals surface area contributed by atoms with E-state index in [4.69, 9.17) is 4.74 Å². The molecule has 18 heavy (non-hydrogen) atoms. The van der Waals surface area contributed by atoms with Gasteiger partial charge in [-0.15, -0.1) is 0 Å². The summed E-state index contributed by atoms with van der Waals surface area (Å²) in [5.74, 6) is -0.192. The maximum Gasteiger partial charge on any atom is 0.310 e. The monoisotopic (exact) mass is 256 g/mol. The lowest BCUT2D eigenvalue weighted by Crippen LogP contribution is -2.50. The standard InChI is InChI=1S/C13H24N2O3/c1-4-14-12(16)10(3)15-8-6-7-11(9-15)13(17)18-5-2/h10-11H,4-9H2,1-3H3,(H,14,16)/t10?,11-/m0/s1. The first-order chi connectivity index (χ1) is 8.60. The van der Waals surface area contributed by atoms with E-state index in [2.05, 4.69) is 10.2 Å². The molecule has 0 aromatic carbocycles. The van der Waals surface area contributed by atoms with Crippen molar-refractivity contribution in [1.29, 1.82) is 0 Å². The summed E-state index contributed by atoms with van der Waals surface area (Å²) >= 11 is 0. The number of rotatable bonds is 5. The Morgan fingerprint density at radius 1 is 1.44 bits per heavy atom. The summed E-state index contributed by atoms with van der Waals surface area (Å²) in [4.78, 5) is 25.6. The number of nitrogens with zero attached hydrogens (tertiary/aromatic N) is 1. The van der Waals surface area contributed by atoms with Gasteiger partial charge in [0.05, 0.1) is 18.6 Å². The molecule has 5 nitrogen and oxygen atoms in total. The number of hydrogen-bond acceptors (Lipinski definition) is 4. The lowest BCUT2D eigenvalue weighted by atomic mass is 9.97. The Balaban J connectivity index is 2.52. The number of carbonyl (C=O) groups excluding carboxylic acids is 2. The van der Waals surface area contributed by atoms with E-state index in [0.29, 0.717) is 19.7 Å². The van der Waals surface area contributed by atoms with Crippen LogP contribution in [0.4, 0.5) is 0 Å². The topological polar surface area (TPSA) is 58.6 Å². The third-order valence-electron chi connectivity index (χ3n) is 3.35. The van der Waals surface area contributed by atoms with Gasteiger partial charge in [0.15, 0.2) is 0 Å². The van der Waals surface area contributed by atoms with Crippen molar-refractivity contribution in [1.82, 2.24) is 10.2 Å². The normalized spacial score (nSPS) is 22.3. The largest absolute Gasteiger partial charge is 0.466 e.